The molecule has 1 heterocycles. The second-order valence-corrected chi connectivity index (χ2v) is 1.50. The third kappa shape index (κ3) is 1.43. The fourth-order valence-electron chi connectivity index (χ4n) is 0.541. The lowest BCUT2D eigenvalue weighted by atomic mass is 10.5. The molecule has 1 N–H and O–H groups in total. The van der Waals surface area contributed by atoms with Crippen LogP contribution >= 0.6 is 0 Å². The van der Waals surface area contributed by atoms with Crippen LogP contribution in [-0.4, -0.2) is 26.0 Å². The van der Waals surface area contributed by atoms with Gasteiger partial charge in [0, 0.05) is 13.1 Å². The smallest absolute Gasteiger partial charge is 0.203 e. The zero-order valence-corrected chi connectivity index (χ0v) is 4.02. The van der Waals surface area contributed by atoms with Crippen molar-refractivity contribution in [1.29, 1.82) is 0 Å². The molecule has 7 heavy (non-hydrogen) atoms. The molecular weight excluding hydrogens is 94.0 g/mol. The molecule has 0 aliphatic carbocycles. The monoisotopic (exact) mass is 102 g/mol. The third-order valence-corrected chi connectivity index (χ3v) is 0.894. The first kappa shape index (κ1) is 5.03. The molecule has 0 aromatic heterocycles. The Kier molecular flexibility index (Phi) is 1.62. The number of morpholine rings is 1. The number of nitrogens with one attached hydrogen (secondary N) is 1. The predicted molar refractivity (Wildman–Crippen MR) is 23.3 cm³/mol. The van der Waals surface area contributed by atoms with E-state index in [0.29, 0.717) is 13.2 Å². The zero-order valence-electron chi connectivity index (χ0n) is 4.02. The van der Waals surface area contributed by atoms with Crippen LogP contribution in [0.3, 0.4) is 0 Å². The van der Waals surface area contributed by atoms with Gasteiger partial charge in [0.2, 0.25) is 6.29 Å². The third-order valence-electron chi connectivity index (χ3n) is 0.894. The van der Waals surface area contributed by atoms with Gasteiger partial charge in [-0.25, -0.2) is 5.11 Å². The second kappa shape index (κ2) is 2.26. The van der Waals surface area contributed by atoms with Crippen LogP contribution in [0.25, 0.3) is 0 Å². The molecule has 3 heteroatoms. The number of rotatable bonds is 0. The highest BCUT2D eigenvalue weighted by Gasteiger charge is 2.08. The number of ether oxygens (including phenoxy) is 1. The first-order chi connectivity index (χ1) is 3.39. The van der Waals surface area contributed by atoms with Gasteiger partial charge in [-0.3, -0.25) is 0 Å². The summed E-state index contributed by atoms with van der Waals surface area (Å²) in [6, 6.07) is 0. The van der Waals surface area contributed by atoms with E-state index in [-0.39, 0.29) is 0 Å². The summed E-state index contributed by atoms with van der Waals surface area (Å²) < 4.78 is 4.66. The standard InChI is InChI=1S/C4H8NO2/c6-4-3-5-1-2-7-4/h4-5H,1-3H2/t4-/m1/s1. The molecule has 1 rings (SSSR count). The Labute approximate surface area is 42.3 Å². The minimum Gasteiger partial charge on any atom is -0.347 e. The van der Waals surface area contributed by atoms with Crippen LogP contribution in [0, 0.1) is 0 Å². The van der Waals surface area contributed by atoms with Crippen molar-refractivity contribution in [3.8, 4) is 0 Å². The van der Waals surface area contributed by atoms with Crippen molar-refractivity contribution in [2.45, 2.75) is 6.29 Å². The molecule has 1 fully saturated rings. The van der Waals surface area contributed by atoms with Crippen LogP contribution in [0.15, 0.2) is 0 Å². The Morgan fingerprint density at radius 3 is 2.86 bits per heavy atom. The number of hydrogen-bond acceptors (Lipinski definition) is 2. The molecule has 1 aliphatic rings. The molecule has 0 amide bonds. The highest BCUT2D eigenvalue weighted by molar-refractivity contribution is 4.54. The first-order valence-corrected chi connectivity index (χ1v) is 2.38. The van der Waals surface area contributed by atoms with E-state index < -0.39 is 6.29 Å². The van der Waals surface area contributed by atoms with Gasteiger partial charge >= 0.3 is 0 Å². The van der Waals surface area contributed by atoms with Gasteiger partial charge in [-0.1, -0.05) is 0 Å². The van der Waals surface area contributed by atoms with Gasteiger partial charge in [0.15, 0.2) is 0 Å². The van der Waals surface area contributed by atoms with Crippen molar-refractivity contribution in [1.82, 2.24) is 5.32 Å². The molecule has 41 valence electrons. The van der Waals surface area contributed by atoms with Crippen LogP contribution in [0.4, 0.5) is 0 Å². The minimum absolute atomic E-state index is 0.458. The van der Waals surface area contributed by atoms with Gasteiger partial charge in [0.05, 0.1) is 6.61 Å². The van der Waals surface area contributed by atoms with E-state index in [0.717, 1.165) is 6.54 Å². The van der Waals surface area contributed by atoms with E-state index in [1.807, 2.05) is 0 Å². The highest BCUT2D eigenvalue weighted by atomic mass is 16.6. The molecule has 0 spiro atoms. The van der Waals surface area contributed by atoms with Crippen LogP contribution in [0.1, 0.15) is 0 Å². The van der Waals surface area contributed by atoms with E-state index >= 15 is 0 Å². The van der Waals surface area contributed by atoms with Gasteiger partial charge in [-0.15, -0.1) is 0 Å². The van der Waals surface area contributed by atoms with Crippen molar-refractivity contribution in [3.05, 3.63) is 0 Å². The molecule has 3 nitrogen and oxygen atoms in total. The normalized spacial score (nSPS) is 33.0. The molecule has 1 saturated heterocycles. The Balaban J connectivity index is 2.12. The van der Waals surface area contributed by atoms with Crippen LogP contribution in [0.2, 0.25) is 0 Å². The lowest BCUT2D eigenvalue weighted by Crippen LogP contribution is -2.37. The molecule has 0 unspecified atom stereocenters. The van der Waals surface area contributed by atoms with E-state index in [9.17, 15) is 5.11 Å². The molecule has 0 bridgehead atoms. The largest absolute Gasteiger partial charge is 0.347 e. The van der Waals surface area contributed by atoms with Gasteiger partial charge in [-0.2, -0.15) is 0 Å². The average molecular weight is 102 g/mol. The summed E-state index contributed by atoms with van der Waals surface area (Å²) in [6.07, 6.45) is -0.825. The lowest BCUT2D eigenvalue weighted by Gasteiger charge is -2.15. The van der Waals surface area contributed by atoms with E-state index in [1.165, 1.54) is 0 Å². The summed E-state index contributed by atoms with van der Waals surface area (Å²) in [4.78, 5) is 0. The van der Waals surface area contributed by atoms with E-state index in [4.69, 9.17) is 0 Å². The second-order valence-electron chi connectivity index (χ2n) is 1.50. The number of hydrogen-bond donors (Lipinski definition) is 1. The summed E-state index contributed by atoms with van der Waals surface area (Å²) in [5.74, 6) is 0. The average Bonchev–Trinajstić information content (AvgIpc) is 1.69. The van der Waals surface area contributed by atoms with Crippen LogP contribution in [0.5, 0.6) is 0 Å². The van der Waals surface area contributed by atoms with Gasteiger partial charge in [0.25, 0.3) is 0 Å². The molecule has 1 radical (unpaired) electrons. The first-order valence-electron chi connectivity index (χ1n) is 2.38. The molecule has 0 saturated carbocycles. The maximum absolute atomic E-state index is 10.3. The Morgan fingerprint density at radius 1 is 1.71 bits per heavy atom. The molecule has 0 aromatic rings. The maximum atomic E-state index is 10.3. The van der Waals surface area contributed by atoms with Crippen molar-refractivity contribution >= 4 is 0 Å². The maximum Gasteiger partial charge on any atom is 0.203 e. The fourth-order valence-corrected chi connectivity index (χ4v) is 0.541. The summed E-state index contributed by atoms with van der Waals surface area (Å²) in [5.41, 5.74) is 0. The van der Waals surface area contributed by atoms with Crippen molar-refractivity contribution < 1.29 is 9.84 Å². The van der Waals surface area contributed by atoms with Crippen molar-refractivity contribution in [2.24, 2.45) is 0 Å². The highest BCUT2D eigenvalue weighted by Crippen LogP contribution is 1.88. The molecular formula is C4H8NO2. The minimum atomic E-state index is -0.825. The van der Waals surface area contributed by atoms with E-state index in [1.54, 1.807) is 0 Å². The van der Waals surface area contributed by atoms with Gasteiger partial charge < -0.3 is 10.1 Å². The molecule has 1 aliphatic heterocycles. The Hall–Kier alpha value is -0.120. The summed E-state index contributed by atoms with van der Waals surface area (Å²) in [6.45, 7) is 1.84. The van der Waals surface area contributed by atoms with E-state index in [2.05, 4.69) is 10.1 Å². The zero-order chi connectivity index (χ0) is 5.11. The predicted octanol–water partition coefficient (Wildman–Crippen LogP) is -0.637. The summed E-state index contributed by atoms with van der Waals surface area (Å²) in [5, 5.41) is 13.2. The van der Waals surface area contributed by atoms with Crippen LogP contribution < -0.4 is 5.32 Å². The van der Waals surface area contributed by atoms with Gasteiger partial charge in [0.1, 0.15) is 0 Å². The van der Waals surface area contributed by atoms with Gasteiger partial charge in [-0.05, 0) is 0 Å². The summed E-state index contributed by atoms with van der Waals surface area (Å²) >= 11 is 0. The van der Waals surface area contributed by atoms with Crippen molar-refractivity contribution in [3.63, 3.8) is 0 Å². The Bertz CT molecular complexity index is 51.7. The topological polar surface area (TPSA) is 41.2 Å². The van der Waals surface area contributed by atoms with Crippen molar-refractivity contribution in [2.75, 3.05) is 19.7 Å². The Morgan fingerprint density at radius 2 is 2.57 bits per heavy atom. The molecule has 0 aromatic carbocycles. The summed E-state index contributed by atoms with van der Waals surface area (Å²) in [7, 11) is 0. The molecule has 1 atom stereocenters. The fraction of sp³-hybridized carbons (Fsp3) is 1.00. The SMILES string of the molecule is [O][C@H]1CNCCO1. The lowest BCUT2D eigenvalue weighted by molar-refractivity contribution is -0.150. The van der Waals surface area contributed by atoms with Crippen LogP contribution in [-0.2, 0) is 9.84 Å². The quantitative estimate of drug-likeness (QED) is 0.442.